The minimum absolute atomic E-state index is 0.192. The Labute approximate surface area is 166 Å². The highest BCUT2D eigenvalue weighted by Crippen LogP contribution is 2.69. The van der Waals surface area contributed by atoms with Crippen molar-refractivity contribution in [2.75, 3.05) is 33.3 Å². The average Bonchev–Trinajstić information content (AvgIpc) is 2.55. The molecule has 1 heterocycles. The highest BCUT2D eigenvalue weighted by Gasteiger charge is 2.68. The van der Waals surface area contributed by atoms with Crippen molar-refractivity contribution in [2.45, 2.75) is 77.0 Å². The van der Waals surface area contributed by atoms with Crippen LogP contribution in [-0.2, 0) is 4.74 Å². The first-order valence-electron chi connectivity index (χ1n) is 10.8. The summed E-state index contributed by atoms with van der Waals surface area (Å²) in [5, 5.41) is 0. The molecule has 1 atom stereocenters. The molecule has 1 aromatic carbocycles. The maximum atomic E-state index is 5.72. The molecule has 2 bridgehead atoms. The standard InChI is InChI=1S/C24H38N2O/c1-18(2)19-9-7-8-10-20(19)21-13-25(11-12-26(21)22(3,4)5)17-23-14-24(15-23,16-23)27-6/h7-10,18,21H,11-17H2,1-6H3. The zero-order chi connectivity index (χ0) is 19.4. The number of piperazine rings is 1. The zero-order valence-corrected chi connectivity index (χ0v) is 18.2. The topological polar surface area (TPSA) is 15.7 Å². The van der Waals surface area contributed by atoms with Crippen molar-refractivity contribution in [1.29, 1.82) is 0 Å². The summed E-state index contributed by atoms with van der Waals surface area (Å²) < 4.78 is 5.72. The van der Waals surface area contributed by atoms with E-state index in [1.165, 1.54) is 43.5 Å². The van der Waals surface area contributed by atoms with Crippen LogP contribution in [-0.4, -0.2) is 54.2 Å². The van der Waals surface area contributed by atoms with E-state index in [-0.39, 0.29) is 11.1 Å². The molecule has 4 aliphatic rings. The fourth-order valence-electron chi connectivity index (χ4n) is 6.15. The smallest absolute Gasteiger partial charge is 0.0696 e. The molecule has 3 aliphatic carbocycles. The maximum Gasteiger partial charge on any atom is 0.0696 e. The summed E-state index contributed by atoms with van der Waals surface area (Å²) in [4.78, 5) is 5.49. The van der Waals surface area contributed by atoms with Crippen LogP contribution in [0.15, 0.2) is 24.3 Å². The van der Waals surface area contributed by atoms with Gasteiger partial charge in [-0.1, -0.05) is 38.1 Å². The Morgan fingerprint density at radius 1 is 1.11 bits per heavy atom. The van der Waals surface area contributed by atoms with E-state index in [1.54, 1.807) is 0 Å². The Kier molecular flexibility index (Phi) is 4.73. The predicted molar refractivity (Wildman–Crippen MR) is 112 cm³/mol. The Hall–Kier alpha value is -0.900. The zero-order valence-electron chi connectivity index (χ0n) is 18.2. The third-order valence-corrected chi connectivity index (χ3v) is 7.39. The molecule has 0 N–H and O–H groups in total. The van der Waals surface area contributed by atoms with Gasteiger partial charge in [0, 0.05) is 44.9 Å². The lowest BCUT2D eigenvalue weighted by Gasteiger charge is -2.70. The molecular weight excluding hydrogens is 332 g/mol. The van der Waals surface area contributed by atoms with Gasteiger partial charge in [0.05, 0.1) is 5.60 Å². The first kappa shape index (κ1) is 19.4. The number of nitrogens with zero attached hydrogens (tertiary/aromatic N) is 2. The SMILES string of the molecule is COC12CC(CN3CCN(C(C)(C)C)C(c4ccccc4C(C)C)C3)(C1)C2. The lowest BCUT2D eigenvalue weighted by molar-refractivity contribution is -0.280. The molecule has 1 unspecified atom stereocenters. The van der Waals surface area contributed by atoms with Gasteiger partial charge in [-0.05, 0) is 62.5 Å². The molecule has 150 valence electrons. The van der Waals surface area contributed by atoms with Crippen LogP contribution in [0.4, 0.5) is 0 Å². The van der Waals surface area contributed by atoms with Gasteiger partial charge in [-0.25, -0.2) is 0 Å². The van der Waals surface area contributed by atoms with Crippen molar-refractivity contribution in [3.05, 3.63) is 35.4 Å². The van der Waals surface area contributed by atoms with Crippen LogP contribution in [0, 0.1) is 5.41 Å². The summed E-state index contributed by atoms with van der Waals surface area (Å²) in [5.41, 5.74) is 4.07. The van der Waals surface area contributed by atoms with E-state index in [0.717, 1.165) is 13.1 Å². The minimum Gasteiger partial charge on any atom is -0.378 e. The monoisotopic (exact) mass is 370 g/mol. The molecule has 1 aliphatic heterocycles. The van der Waals surface area contributed by atoms with Crippen molar-refractivity contribution in [3.63, 3.8) is 0 Å². The quantitative estimate of drug-likeness (QED) is 0.738. The van der Waals surface area contributed by atoms with E-state index < -0.39 is 0 Å². The summed E-state index contributed by atoms with van der Waals surface area (Å²) in [6, 6.07) is 9.63. The van der Waals surface area contributed by atoms with Gasteiger partial charge in [-0.3, -0.25) is 9.80 Å². The molecule has 5 rings (SSSR count). The number of hydrogen-bond acceptors (Lipinski definition) is 3. The van der Waals surface area contributed by atoms with E-state index in [2.05, 4.69) is 68.7 Å². The van der Waals surface area contributed by atoms with Crippen molar-refractivity contribution in [2.24, 2.45) is 5.41 Å². The lowest BCUT2D eigenvalue weighted by Crippen LogP contribution is -2.71. The largest absolute Gasteiger partial charge is 0.378 e. The first-order valence-corrected chi connectivity index (χ1v) is 10.8. The van der Waals surface area contributed by atoms with Crippen molar-refractivity contribution >= 4 is 0 Å². The molecule has 0 aromatic heterocycles. The van der Waals surface area contributed by atoms with E-state index >= 15 is 0 Å². The van der Waals surface area contributed by atoms with Gasteiger partial charge >= 0.3 is 0 Å². The number of ether oxygens (including phenoxy) is 1. The Balaban J connectivity index is 1.54. The summed E-state index contributed by atoms with van der Waals surface area (Å²) in [7, 11) is 1.89. The first-order chi connectivity index (χ1) is 12.7. The Morgan fingerprint density at radius 3 is 2.37 bits per heavy atom. The van der Waals surface area contributed by atoms with Gasteiger partial charge in [0.2, 0.25) is 0 Å². The van der Waals surface area contributed by atoms with Crippen LogP contribution in [0.3, 0.4) is 0 Å². The van der Waals surface area contributed by atoms with Gasteiger partial charge in [0.25, 0.3) is 0 Å². The number of methoxy groups -OCH3 is 1. The second kappa shape index (κ2) is 6.57. The van der Waals surface area contributed by atoms with Gasteiger partial charge in [0.15, 0.2) is 0 Å². The summed E-state index contributed by atoms with van der Waals surface area (Å²) in [6.07, 6.45) is 3.84. The third kappa shape index (κ3) is 3.36. The minimum atomic E-state index is 0.192. The summed E-state index contributed by atoms with van der Waals surface area (Å²) in [6.45, 7) is 16.5. The molecule has 3 saturated carbocycles. The van der Waals surface area contributed by atoms with E-state index in [1.807, 2.05) is 7.11 Å². The number of hydrogen-bond donors (Lipinski definition) is 0. The molecule has 1 saturated heterocycles. The summed E-state index contributed by atoms with van der Waals surface area (Å²) in [5.74, 6) is 0.567. The highest BCUT2D eigenvalue weighted by atomic mass is 16.5. The number of rotatable bonds is 5. The second-order valence-electron chi connectivity index (χ2n) is 10.8. The van der Waals surface area contributed by atoms with Crippen molar-refractivity contribution in [3.8, 4) is 0 Å². The Bertz CT molecular complexity index is 670. The van der Waals surface area contributed by atoms with Gasteiger partial charge in [-0.2, -0.15) is 0 Å². The molecule has 0 spiro atoms. The van der Waals surface area contributed by atoms with Crippen molar-refractivity contribution in [1.82, 2.24) is 9.80 Å². The molecule has 4 fully saturated rings. The normalized spacial score (nSPS) is 34.4. The van der Waals surface area contributed by atoms with E-state index in [9.17, 15) is 0 Å². The van der Waals surface area contributed by atoms with E-state index in [4.69, 9.17) is 4.74 Å². The van der Waals surface area contributed by atoms with Crippen LogP contribution >= 0.6 is 0 Å². The van der Waals surface area contributed by atoms with Gasteiger partial charge < -0.3 is 4.74 Å². The molecule has 3 heteroatoms. The van der Waals surface area contributed by atoms with Crippen molar-refractivity contribution < 1.29 is 4.74 Å². The Morgan fingerprint density at radius 2 is 1.78 bits per heavy atom. The molecule has 0 amide bonds. The van der Waals surface area contributed by atoms with Crippen LogP contribution in [0.2, 0.25) is 0 Å². The second-order valence-corrected chi connectivity index (χ2v) is 10.8. The van der Waals surface area contributed by atoms with Crippen LogP contribution in [0.5, 0.6) is 0 Å². The van der Waals surface area contributed by atoms with E-state index in [0.29, 0.717) is 17.4 Å². The predicted octanol–water partition coefficient (Wildman–Crippen LogP) is 4.84. The van der Waals surface area contributed by atoms with Gasteiger partial charge in [-0.15, -0.1) is 0 Å². The number of benzene rings is 1. The lowest BCUT2D eigenvalue weighted by atomic mass is 9.41. The highest BCUT2D eigenvalue weighted by molar-refractivity contribution is 5.33. The molecular formula is C24H38N2O. The molecule has 27 heavy (non-hydrogen) atoms. The average molecular weight is 371 g/mol. The van der Waals surface area contributed by atoms with Crippen LogP contribution < -0.4 is 0 Å². The third-order valence-electron chi connectivity index (χ3n) is 7.39. The maximum absolute atomic E-state index is 5.72. The summed E-state index contributed by atoms with van der Waals surface area (Å²) >= 11 is 0. The fourth-order valence-corrected chi connectivity index (χ4v) is 6.15. The molecule has 0 radical (unpaired) electrons. The van der Waals surface area contributed by atoms with Crippen LogP contribution in [0.25, 0.3) is 0 Å². The fraction of sp³-hybridized carbons (Fsp3) is 0.750. The van der Waals surface area contributed by atoms with Crippen LogP contribution in [0.1, 0.15) is 77.0 Å². The molecule has 1 aromatic rings. The van der Waals surface area contributed by atoms with Gasteiger partial charge in [0.1, 0.15) is 0 Å². The molecule has 3 nitrogen and oxygen atoms in total.